The Hall–Kier alpha value is -0.940. The van der Waals surface area contributed by atoms with Crippen LogP contribution in [0.4, 0.5) is 0 Å². The molecule has 0 aromatic rings. The highest BCUT2D eigenvalue weighted by Crippen LogP contribution is 2.00. The first-order valence-electron chi connectivity index (χ1n) is 5.34. The molecule has 0 atom stereocenters. The number of nitrogens with two attached hydrogens (primary N) is 2. The second-order valence-corrected chi connectivity index (χ2v) is 3.34. The lowest BCUT2D eigenvalue weighted by atomic mass is 10.2. The van der Waals surface area contributed by atoms with Crippen LogP contribution in [0.3, 0.4) is 0 Å². The van der Waals surface area contributed by atoms with Crippen LogP contribution in [0.5, 0.6) is 0 Å². The number of ether oxygens (including phenoxy) is 1. The lowest BCUT2D eigenvalue weighted by Gasteiger charge is -2.02. The number of hydrogen-bond donors (Lipinski definition) is 2. The Morgan fingerprint density at radius 2 is 1.20 bits per heavy atom. The van der Waals surface area contributed by atoms with Gasteiger partial charge in [0.2, 0.25) is 0 Å². The predicted molar refractivity (Wildman–Crippen MR) is 56.9 cm³/mol. The molecule has 5 heteroatoms. The van der Waals surface area contributed by atoms with Crippen LogP contribution in [0.2, 0.25) is 0 Å². The number of rotatable bonds is 8. The molecule has 0 aliphatic carbocycles. The third-order valence-corrected chi connectivity index (χ3v) is 1.90. The molecule has 15 heavy (non-hydrogen) atoms. The van der Waals surface area contributed by atoms with E-state index < -0.39 is 11.9 Å². The topological polar surface area (TPSA) is 95.4 Å². The van der Waals surface area contributed by atoms with Crippen molar-refractivity contribution in [1.29, 1.82) is 0 Å². The highest BCUT2D eigenvalue weighted by Gasteiger charge is 2.09. The Balaban J connectivity index is 3.45. The Morgan fingerprint density at radius 3 is 1.53 bits per heavy atom. The van der Waals surface area contributed by atoms with E-state index in [1.165, 1.54) is 0 Å². The monoisotopic (exact) mass is 216 g/mol. The van der Waals surface area contributed by atoms with Gasteiger partial charge in [-0.15, -0.1) is 0 Å². The van der Waals surface area contributed by atoms with Crippen LogP contribution in [0.1, 0.15) is 38.5 Å². The molecule has 0 saturated heterocycles. The molecule has 0 aliphatic heterocycles. The molecule has 0 radical (unpaired) electrons. The highest BCUT2D eigenvalue weighted by molar-refractivity contribution is 5.85. The summed E-state index contributed by atoms with van der Waals surface area (Å²) in [6.45, 7) is 1.11. The third kappa shape index (κ3) is 9.37. The third-order valence-electron chi connectivity index (χ3n) is 1.90. The van der Waals surface area contributed by atoms with Crippen molar-refractivity contribution in [1.82, 2.24) is 0 Å². The first-order valence-corrected chi connectivity index (χ1v) is 5.34. The Labute approximate surface area is 90.1 Å². The molecule has 4 N–H and O–H groups in total. The maximum absolute atomic E-state index is 11.1. The minimum Gasteiger partial charge on any atom is -0.393 e. The predicted octanol–water partition coefficient (Wildman–Crippen LogP) is 0.314. The largest absolute Gasteiger partial charge is 0.393 e. The van der Waals surface area contributed by atoms with Gasteiger partial charge in [-0.05, 0) is 38.8 Å². The van der Waals surface area contributed by atoms with Crippen LogP contribution >= 0.6 is 0 Å². The number of esters is 2. The van der Waals surface area contributed by atoms with Crippen molar-refractivity contribution >= 4 is 11.9 Å². The highest BCUT2D eigenvalue weighted by atomic mass is 16.6. The molecule has 0 fully saturated rings. The molecule has 0 unspecified atom stereocenters. The normalized spacial score (nSPS) is 10.0. The summed E-state index contributed by atoms with van der Waals surface area (Å²) in [5.41, 5.74) is 10.5. The van der Waals surface area contributed by atoms with Crippen LogP contribution in [0.25, 0.3) is 0 Å². The quantitative estimate of drug-likeness (QED) is 0.346. The molecule has 0 aliphatic rings. The Bertz CT molecular complexity index is 175. The van der Waals surface area contributed by atoms with E-state index in [4.69, 9.17) is 11.5 Å². The van der Waals surface area contributed by atoms with Gasteiger partial charge in [-0.3, -0.25) is 9.59 Å². The van der Waals surface area contributed by atoms with E-state index in [2.05, 4.69) is 4.74 Å². The van der Waals surface area contributed by atoms with E-state index in [0.29, 0.717) is 25.9 Å². The summed E-state index contributed by atoms with van der Waals surface area (Å²) in [4.78, 5) is 22.1. The molecule has 88 valence electrons. The summed E-state index contributed by atoms with van der Waals surface area (Å²) in [7, 11) is 0. The number of unbranched alkanes of at least 4 members (excludes halogenated alkanes) is 2. The smallest absolute Gasteiger partial charge is 0.313 e. The fourth-order valence-corrected chi connectivity index (χ4v) is 1.06. The first-order chi connectivity index (χ1) is 7.20. The molecule has 0 amide bonds. The van der Waals surface area contributed by atoms with E-state index in [1.807, 2.05) is 0 Å². The second-order valence-electron chi connectivity index (χ2n) is 3.34. The number of carbonyl (C=O) groups is 2. The minimum absolute atomic E-state index is 0.264. The molecule has 0 rings (SSSR count). The van der Waals surface area contributed by atoms with E-state index in [0.717, 1.165) is 12.8 Å². The summed E-state index contributed by atoms with van der Waals surface area (Å²) in [5, 5.41) is 0. The van der Waals surface area contributed by atoms with Gasteiger partial charge in [-0.2, -0.15) is 0 Å². The van der Waals surface area contributed by atoms with Gasteiger partial charge in [-0.25, -0.2) is 0 Å². The van der Waals surface area contributed by atoms with Gasteiger partial charge in [0.15, 0.2) is 0 Å². The zero-order chi connectivity index (χ0) is 11.5. The summed E-state index contributed by atoms with van der Waals surface area (Å²) < 4.78 is 4.58. The van der Waals surface area contributed by atoms with E-state index in [1.54, 1.807) is 0 Å². The summed E-state index contributed by atoms with van der Waals surface area (Å²) in [6, 6.07) is 0. The van der Waals surface area contributed by atoms with E-state index in [9.17, 15) is 9.59 Å². The van der Waals surface area contributed by atoms with Crippen molar-refractivity contribution in [2.24, 2.45) is 11.5 Å². The fourth-order valence-electron chi connectivity index (χ4n) is 1.06. The SMILES string of the molecule is NCCCCC(=O)OC(=O)CCCCN. The van der Waals surface area contributed by atoms with E-state index in [-0.39, 0.29) is 12.8 Å². The first kappa shape index (κ1) is 14.1. The van der Waals surface area contributed by atoms with Gasteiger partial charge in [0.05, 0.1) is 0 Å². The Kier molecular flexibility index (Phi) is 9.01. The standard InChI is InChI=1S/C10H20N2O3/c11-7-3-1-5-9(13)15-10(14)6-2-4-8-12/h1-8,11-12H2. The van der Waals surface area contributed by atoms with Crippen molar-refractivity contribution in [3.05, 3.63) is 0 Å². The van der Waals surface area contributed by atoms with Gasteiger partial charge in [0.1, 0.15) is 0 Å². The molecule has 0 heterocycles. The molecule has 0 aromatic carbocycles. The summed E-state index contributed by atoms with van der Waals surface area (Å²) >= 11 is 0. The van der Waals surface area contributed by atoms with Crippen molar-refractivity contribution < 1.29 is 14.3 Å². The molecule has 0 spiro atoms. The molecule has 5 nitrogen and oxygen atoms in total. The Morgan fingerprint density at radius 1 is 0.800 bits per heavy atom. The lowest BCUT2D eigenvalue weighted by molar-refractivity contribution is -0.159. The van der Waals surface area contributed by atoms with Crippen molar-refractivity contribution in [3.63, 3.8) is 0 Å². The number of carbonyl (C=O) groups excluding carboxylic acids is 2. The van der Waals surface area contributed by atoms with Crippen LogP contribution in [0.15, 0.2) is 0 Å². The van der Waals surface area contributed by atoms with E-state index >= 15 is 0 Å². The van der Waals surface area contributed by atoms with Gasteiger partial charge >= 0.3 is 11.9 Å². The summed E-state index contributed by atoms with van der Waals surface area (Å²) in [6.07, 6.45) is 3.42. The zero-order valence-electron chi connectivity index (χ0n) is 9.04. The van der Waals surface area contributed by atoms with Gasteiger partial charge in [0, 0.05) is 12.8 Å². The van der Waals surface area contributed by atoms with Gasteiger partial charge < -0.3 is 16.2 Å². The maximum atomic E-state index is 11.1. The second kappa shape index (κ2) is 9.61. The van der Waals surface area contributed by atoms with Crippen LogP contribution in [0, 0.1) is 0 Å². The average Bonchev–Trinajstić information content (AvgIpc) is 2.18. The van der Waals surface area contributed by atoms with Crippen molar-refractivity contribution in [3.8, 4) is 0 Å². The van der Waals surface area contributed by atoms with Gasteiger partial charge in [0.25, 0.3) is 0 Å². The van der Waals surface area contributed by atoms with Crippen LogP contribution < -0.4 is 11.5 Å². The molecular formula is C10H20N2O3. The molecule has 0 saturated carbocycles. The lowest BCUT2D eigenvalue weighted by Crippen LogP contribution is -2.13. The minimum atomic E-state index is -0.457. The number of hydrogen-bond acceptors (Lipinski definition) is 5. The molecular weight excluding hydrogens is 196 g/mol. The average molecular weight is 216 g/mol. The van der Waals surface area contributed by atoms with Crippen LogP contribution in [-0.2, 0) is 14.3 Å². The molecule has 0 aromatic heterocycles. The fraction of sp³-hybridized carbons (Fsp3) is 0.800. The van der Waals surface area contributed by atoms with Crippen molar-refractivity contribution in [2.75, 3.05) is 13.1 Å². The maximum Gasteiger partial charge on any atom is 0.313 e. The molecule has 0 bridgehead atoms. The van der Waals surface area contributed by atoms with Gasteiger partial charge in [-0.1, -0.05) is 0 Å². The van der Waals surface area contributed by atoms with Crippen molar-refractivity contribution in [2.45, 2.75) is 38.5 Å². The summed E-state index contributed by atoms with van der Waals surface area (Å²) in [5.74, 6) is -0.914. The van der Waals surface area contributed by atoms with Crippen LogP contribution in [-0.4, -0.2) is 25.0 Å². The zero-order valence-corrected chi connectivity index (χ0v) is 9.04.